The Balaban J connectivity index is 1.91. The van der Waals surface area contributed by atoms with Gasteiger partial charge in [-0.2, -0.15) is 0 Å². The summed E-state index contributed by atoms with van der Waals surface area (Å²) in [5.74, 6) is 0. The zero-order valence-corrected chi connectivity index (χ0v) is 8.00. The van der Waals surface area contributed by atoms with Gasteiger partial charge in [-0.05, 0) is 0 Å². The predicted octanol–water partition coefficient (Wildman–Crippen LogP) is 2.38. The maximum atomic E-state index is 2.26. The van der Waals surface area contributed by atoms with Crippen LogP contribution >= 0.6 is 0 Å². The summed E-state index contributed by atoms with van der Waals surface area (Å²) in [6.45, 7) is 0. The van der Waals surface area contributed by atoms with Crippen LogP contribution in [-0.2, 0) is 0 Å². The monoisotopic (exact) mass is 210 g/mol. The van der Waals surface area contributed by atoms with Crippen LogP contribution in [0.1, 0.15) is 12.8 Å². The molecule has 0 bridgehead atoms. The van der Waals surface area contributed by atoms with Crippen molar-refractivity contribution in [3.63, 3.8) is 0 Å². The summed E-state index contributed by atoms with van der Waals surface area (Å²) >= 11 is 0.632. The Morgan fingerprint density at radius 2 is 1.45 bits per heavy atom. The molecule has 0 saturated carbocycles. The van der Waals surface area contributed by atoms with E-state index >= 15 is 0 Å². The Labute approximate surface area is 73.5 Å². The number of hydrogen-bond donors (Lipinski definition) is 0. The molecule has 0 spiro atoms. The van der Waals surface area contributed by atoms with Gasteiger partial charge >= 0.3 is 73.2 Å². The van der Waals surface area contributed by atoms with Crippen molar-refractivity contribution in [3.8, 4) is 0 Å². The van der Waals surface area contributed by atoms with Crippen molar-refractivity contribution in [3.05, 3.63) is 45.4 Å². The molecule has 0 nitrogen and oxygen atoms in total. The van der Waals surface area contributed by atoms with Crippen LogP contribution < -0.4 is 0 Å². The summed E-state index contributed by atoms with van der Waals surface area (Å²) in [5.41, 5.74) is 0. The van der Waals surface area contributed by atoms with Crippen molar-refractivity contribution < 1.29 is 0 Å². The average molecular weight is 209 g/mol. The van der Waals surface area contributed by atoms with Crippen LogP contribution in [0.4, 0.5) is 0 Å². The van der Waals surface area contributed by atoms with Crippen LogP contribution in [0.25, 0.3) is 0 Å². The van der Waals surface area contributed by atoms with Gasteiger partial charge in [-0.15, -0.1) is 0 Å². The van der Waals surface area contributed by atoms with Crippen molar-refractivity contribution >= 4 is 15.0 Å². The summed E-state index contributed by atoms with van der Waals surface area (Å²) in [6, 6.07) is 0. The number of rotatable bonds is 2. The Morgan fingerprint density at radius 3 is 1.82 bits per heavy atom. The van der Waals surface area contributed by atoms with Gasteiger partial charge in [0.15, 0.2) is 0 Å². The van der Waals surface area contributed by atoms with Crippen LogP contribution in [0.15, 0.2) is 45.4 Å². The van der Waals surface area contributed by atoms with E-state index in [4.69, 9.17) is 0 Å². The van der Waals surface area contributed by atoms with Gasteiger partial charge in [0.1, 0.15) is 0 Å². The van der Waals surface area contributed by atoms with E-state index in [0.717, 1.165) is 0 Å². The molecule has 11 heavy (non-hydrogen) atoms. The first-order chi connectivity index (χ1) is 5.45. The molecule has 0 heterocycles. The molecule has 56 valence electrons. The molecule has 0 aromatic rings. The van der Waals surface area contributed by atoms with Crippen molar-refractivity contribution in [2.45, 2.75) is 12.8 Å². The van der Waals surface area contributed by atoms with E-state index in [9.17, 15) is 0 Å². The van der Waals surface area contributed by atoms with E-state index < -0.39 is 0 Å². The van der Waals surface area contributed by atoms with E-state index in [1.54, 1.807) is 8.94 Å². The van der Waals surface area contributed by atoms with Gasteiger partial charge in [-0.1, -0.05) is 0 Å². The van der Waals surface area contributed by atoms with Gasteiger partial charge < -0.3 is 0 Å². The molecule has 0 unspecified atom stereocenters. The van der Waals surface area contributed by atoms with Crippen LogP contribution in [-0.4, -0.2) is 15.0 Å². The molecule has 0 radical (unpaired) electrons. The first kappa shape index (κ1) is 7.15. The Morgan fingerprint density at radius 1 is 0.909 bits per heavy atom. The van der Waals surface area contributed by atoms with Crippen molar-refractivity contribution in [2.24, 2.45) is 0 Å². The minimum absolute atomic E-state index is 0.632. The third-order valence-corrected chi connectivity index (χ3v) is 4.11. The summed E-state index contributed by atoms with van der Waals surface area (Å²) in [4.78, 5) is 0. The predicted molar refractivity (Wildman–Crippen MR) is 49.4 cm³/mol. The third kappa shape index (κ3) is 1.74. The molecule has 1 heteroatoms. The van der Waals surface area contributed by atoms with Crippen molar-refractivity contribution in [1.82, 2.24) is 0 Å². The molecule has 0 atom stereocenters. The van der Waals surface area contributed by atoms with Crippen LogP contribution in [0.5, 0.6) is 0 Å². The fourth-order valence-corrected chi connectivity index (χ4v) is 3.25. The Kier molecular flexibility index (Phi) is 2.11. The summed E-state index contributed by atoms with van der Waals surface area (Å²) in [5, 5.41) is 0. The second-order valence-electron chi connectivity index (χ2n) is 2.63. The first-order valence-corrected chi connectivity index (χ1v) is 5.56. The van der Waals surface area contributed by atoms with Gasteiger partial charge in [-0.3, -0.25) is 0 Å². The third-order valence-electron chi connectivity index (χ3n) is 1.74. The zero-order chi connectivity index (χ0) is 7.52. The number of allylic oxidation sites excluding steroid dienone is 8. The zero-order valence-electron chi connectivity index (χ0n) is 6.29. The molecule has 0 aromatic carbocycles. The molecule has 0 aromatic heterocycles. The summed E-state index contributed by atoms with van der Waals surface area (Å²) in [6.07, 6.45) is 15.7. The van der Waals surface area contributed by atoms with Gasteiger partial charge in [0.25, 0.3) is 0 Å². The molecule has 0 N–H and O–H groups in total. The van der Waals surface area contributed by atoms with Gasteiger partial charge in [0.2, 0.25) is 0 Å². The van der Waals surface area contributed by atoms with E-state index in [1.165, 1.54) is 12.8 Å². The van der Waals surface area contributed by atoms with Gasteiger partial charge in [-0.25, -0.2) is 0 Å². The quantitative estimate of drug-likeness (QED) is 0.612. The molecule has 0 saturated heterocycles. The molecule has 2 aliphatic carbocycles. The maximum absolute atomic E-state index is 2.26. The summed E-state index contributed by atoms with van der Waals surface area (Å²) < 4.78 is 3.24. The SMILES string of the molecule is C1=CCC([Se]C2=CC=CC2)=C1. The summed E-state index contributed by atoms with van der Waals surface area (Å²) in [7, 11) is 0. The molecule has 0 aliphatic heterocycles. The normalized spacial score (nSPS) is 20.7. The Hall–Kier alpha value is -0.521. The topological polar surface area (TPSA) is 0 Å². The van der Waals surface area contributed by atoms with E-state index in [1.807, 2.05) is 0 Å². The van der Waals surface area contributed by atoms with Crippen molar-refractivity contribution in [1.29, 1.82) is 0 Å². The van der Waals surface area contributed by atoms with Crippen LogP contribution in [0, 0.1) is 0 Å². The van der Waals surface area contributed by atoms with Crippen LogP contribution in [0.3, 0.4) is 0 Å². The second kappa shape index (κ2) is 3.25. The average Bonchev–Trinajstić information content (AvgIpc) is 2.60. The first-order valence-electron chi connectivity index (χ1n) is 3.84. The minimum atomic E-state index is 0.632. The van der Waals surface area contributed by atoms with Crippen LogP contribution in [0.2, 0.25) is 0 Å². The Bertz CT molecular complexity index is 239. The van der Waals surface area contributed by atoms with E-state index in [-0.39, 0.29) is 0 Å². The second-order valence-corrected chi connectivity index (χ2v) is 5.26. The van der Waals surface area contributed by atoms with Gasteiger partial charge in [0, 0.05) is 0 Å². The molecule has 2 rings (SSSR count). The standard InChI is InChI=1S/C10H10Se/c1-2-6-9(5-1)11-10-7-3-4-8-10/h1-5,7H,6,8H2. The molecular formula is C10H10Se. The molecular weight excluding hydrogens is 199 g/mol. The molecule has 0 fully saturated rings. The van der Waals surface area contributed by atoms with E-state index in [2.05, 4.69) is 36.5 Å². The van der Waals surface area contributed by atoms with Gasteiger partial charge in [0.05, 0.1) is 0 Å². The van der Waals surface area contributed by atoms with E-state index in [0.29, 0.717) is 15.0 Å². The fourth-order valence-electron chi connectivity index (χ4n) is 1.17. The van der Waals surface area contributed by atoms with Crippen molar-refractivity contribution in [2.75, 3.05) is 0 Å². The number of hydrogen-bond acceptors (Lipinski definition) is 0. The fraction of sp³-hybridized carbons (Fsp3) is 0.200. The molecule has 0 amide bonds. The molecule has 2 aliphatic rings.